The fraction of sp³-hybridized carbons (Fsp3) is 0.429. The molecule has 0 aromatic heterocycles. The fourth-order valence-electron chi connectivity index (χ4n) is 2.63. The minimum atomic E-state index is -3.92. The first-order chi connectivity index (χ1) is 10.9. The van der Waals surface area contributed by atoms with Crippen molar-refractivity contribution in [2.75, 3.05) is 19.8 Å². The highest BCUT2D eigenvalue weighted by molar-refractivity contribution is 7.90. The molecule has 2 aliphatic rings. The fourth-order valence-corrected chi connectivity index (χ4v) is 3.86. The normalized spacial score (nSPS) is 21.1. The van der Waals surface area contributed by atoms with Gasteiger partial charge in [0.25, 0.3) is 10.0 Å². The molecule has 1 aromatic rings. The lowest BCUT2D eigenvalue weighted by Gasteiger charge is -2.31. The first kappa shape index (κ1) is 16.2. The van der Waals surface area contributed by atoms with Crippen molar-refractivity contribution in [3.63, 3.8) is 0 Å². The van der Waals surface area contributed by atoms with Gasteiger partial charge in [0.1, 0.15) is 0 Å². The highest BCUT2D eigenvalue weighted by Crippen LogP contribution is 2.33. The molecule has 0 atom stereocenters. The Labute approximate surface area is 139 Å². The maximum Gasteiger partial charge on any atom is 0.285 e. The van der Waals surface area contributed by atoms with Crippen LogP contribution in [0.3, 0.4) is 0 Å². The van der Waals surface area contributed by atoms with Crippen LogP contribution in [0.4, 0.5) is 0 Å². The van der Waals surface area contributed by atoms with Crippen LogP contribution >= 0.6 is 11.6 Å². The van der Waals surface area contributed by atoms with Crippen molar-refractivity contribution in [2.24, 2.45) is 20.6 Å². The van der Waals surface area contributed by atoms with E-state index in [9.17, 15) is 8.42 Å². The van der Waals surface area contributed by atoms with Crippen LogP contribution in [0, 0.1) is 5.41 Å². The van der Waals surface area contributed by atoms with Gasteiger partial charge >= 0.3 is 0 Å². The first-order valence-electron chi connectivity index (χ1n) is 7.17. The zero-order chi connectivity index (χ0) is 16.5. The minimum absolute atomic E-state index is 0.00286. The maximum absolute atomic E-state index is 12.3. The van der Waals surface area contributed by atoms with Gasteiger partial charge in [-0.25, -0.2) is 5.01 Å². The number of hydrazone groups is 1. The van der Waals surface area contributed by atoms with Crippen LogP contribution in [0.25, 0.3) is 0 Å². The van der Waals surface area contributed by atoms with E-state index < -0.39 is 10.0 Å². The molecule has 0 unspecified atom stereocenters. The maximum atomic E-state index is 12.3. The smallest absolute Gasteiger partial charge is 0.285 e. The number of ether oxygens (including phenoxy) is 1. The largest absolute Gasteiger partial charge is 0.381 e. The Morgan fingerprint density at radius 1 is 1.39 bits per heavy atom. The second-order valence-electron chi connectivity index (χ2n) is 5.66. The van der Waals surface area contributed by atoms with E-state index in [0.29, 0.717) is 24.8 Å². The number of hydrogen-bond acceptors (Lipinski definition) is 4. The van der Waals surface area contributed by atoms with Crippen LogP contribution in [-0.2, 0) is 14.8 Å². The van der Waals surface area contributed by atoms with Gasteiger partial charge < -0.3 is 10.5 Å². The molecular weight excluding hydrogens is 340 g/mol. The summed E-state index contributed by atoms with van der Waals surface area (Å²) in [6.45, 7) is 1.84. The SMILES string of the molecule is N/C(=N\S(=O)(=O)c1cccc(Cl)c1)N1CC2(C=N1)CCOCC2. The van der Waals surface area contributed by atoms with Gasteiger partial charge in [0.05, 0.1) is 11.4 Å². The van der Waals surface area contributed by atoms with E-state index in [-0.39, 0.29) is 16.3 Å². The molecule has 1 aromatic carbocycles. The van der Waals surface area contributed by atoms with Crippen molar-refractivity contribution in [3.05, 3.63) is 29.3 Å². The number of nitrogens with zero attached hydrogens (tertiary/aromatic N) is 3. The number of nitrogens with two attached hydrogens (primary N) is 1. The molecule has 0 amide bonds. The molecular formula is C14H17ClN4O3S. The zero-order valence-corrected chi connectivity index (χ0v) is 13.9. The minimum Gasteiger partial charge on any atom is -0.381 e. The van der Waals surface area contributed by atoms with E-state index in [2.05, 4.69) is 9.50 Å². The zero-order valence-electron chi connectivity index (χ0n) is 12.4. The average Bonchev–Trinajstić information content (AvgIpc) is 2.91. The Morgan fingerprint density at radius 2 is 2.13 bits per heavy atom. The third-order valence-corrected chi connectivity index (χ3v) is 5.51. The Morgan fingerprint density at radius 3 is 2.83 bits per heavy atom. The number of sulfonamides is 1. The van der Waals surface area contributed by atoms with Crippen LogP contribution in [0.1, 0.15) is 12.8 Å². The summed E-state index contributed by atoms with van der Waals surface area (Å²) in [4.78, 5) is -0.00286. The van der Waals surface area contributed by atoms with E-state index >= 15 is 0 Å². The number of guanidine groups is 1. The number of rotatable bonds is 2. The van der Waals surface area contributed by atoms with Crippen molar-refractivity contribution < 1.29 is 13.2 Å². The summed E-state index contributed by atoms with van der Waals surface area (Å²) >= 11 is 5.82. The van der Waals surface area contributed by atoms with E-state index in [0.717, 1.165) is 12.8 Å². The van der Waals surface area contributed by atoms with Crippen molar-refractivity contribution in [1.82, 2.24) is 5.01 Å². The van der Waals surface area contributed by atoms with E-state index in [1.54, 1.807) is 12.1 Å². The van der Waals surface area contributed by atoms with Crippen molar-refractivity contribution in [2.45, 2.75) is 17.7 Å². The van der Waals surface area contributed by atoms with Crippen LogP contribution in [0.2, 0.25) is 5.02 Å². The summed E-state index contributed by atoms with van der Waals surface area (Å²) in [7, 11) is -3.92. The lowest BCUT2D eigenvalue weighted by molar-refractivity contribution is 0.0454. The van der Waals surface area contributed by atoms with Crippen LogP contribution < -0.4 is 5.73 Å². The predicted molar refractivity (Wildman–Crippen MR) is 87.9 cm³/mol. The Kier molecular flexibility index (Phi) is 4.31. The van der Waals surface area contributed by atoms with Gasteiger partial charge in [-0.05, 0) is 31.0 Å². The molecule has 0 bridgehead atoms. The highest BCUT2D eigenvalue weighted by Gasteiger charge is 2.38. The van der Waals surface area contributed by atoms with Crippen molar-refractivity contribution in [3.8, 4) is 0 Å². The summed E-state index contributed by atoms with van der Waals surface area (Å²) in [6, 6.07) is 5.89. The first-order valence-corrected chi connectivity index (χ1v) is 8.99. The van der Waals surface area contributed by atoms with Crippen LogP contribution in [0.15, 0.2) is 38.7 Å². The summed E-state index contributed by atoms with van der Waals surface area (Å²) in [5, 5.41) is 5.96. The second-order valence-corrected chi connectivity index (χ2v) is 7.70. The lowest BCUT2D eigenvalue weighted by atomic mass is 9.82. The highest BCUT2D eigenvalue weighted by atomic mass is 35.5. The van der Waals surface area contributed by atoms with E-state index in [1.165, 1.54) is 17.1 Å². The second kappa shape index (κ2) is 6.10. The van der Waals surface area contributed by atoms with Gasteiger partial charge in [0.2, 0.25) is 5.96 Å². The van der Waals surface area contributed by atoms with E-state index in [4.69, 9.17) is 22.1 Å². The Hall–Kier alpha value is -1.64. The molecule has 124 valence electrons. The van der Waals surface area contributed by atoms with Crippen molar-refractivity contribution in [1.29, 1.82) is 0 Å². The standard InChI is InChI=1S/C14H17ClN4O3S/c15-11-2-1-3-12(8-11)23(20,21)18-13(16)19-10-14(9-17-19)4-6-22-7-5-14/h1-3,8-9H,4-7,10H2,(H2,16,18). The molecule has 2 N–H and O–H groups in total. The molecule has 9 heteroatoms. The summed E-state index contributed by atoms with van der Waals surface area (Å²) in [6.07, 6.45) is 3.49. The Bertz CT molecular complexity index is 757. The summed E-state index contributed by atoms with van der Waals surface area (Å²) in [5.74, 6) is -0.149. The lowest BCUT2D eigenvalue weighted by Crippen LogP contribution is -2.40. The molecule has 0 radical (unpaired) electrons. The molecule has 1 fully saturated rings. The van der Waals surface area contributed by atoms with Gasteiger partial charge in [-0.15, -0.1) is 4.40 Å². The molecule has 0 aliphatic carbocycles. The van der Waals surface area contributed by atoms with Crippen molar-refractivity contribution >= 4 is 33.8 Å². The summed E-state index contributed by atoms with van der Waals surface area (Å²) in [5.41, 5.74) is 5.74. The molecule has 3 rings (SSSR count). The molecule has 2 heterocycles. The van der Waals surface area contributed by atoms with Gasteiger partial charge in [-0.2, -0.15) is 13.5 Å². The number of hydrogen-bond donors (Lipinski definition) is 1. The molecule has 7 nitrogen and oxygen atoms in total. The molecule has 1 saturated heterocycles. The molecule has 23 heavy (non-hydrogen) atoms. The third-order valence-electron chi connectivity index (χ3n) is 4.00. The molecule has 0 saturated carbocycles. The van der Waals surface area contributed by atoms with Gasteiger partial charge in [0, 0.05) is 29.9 Å². The monoisotopic (exact) mass is 356 g/mol. The number of halogens is 1. The quantitative estimate of drug-likeness (QED) is 0.638. The predicted octanol–water partition coefficient (Wildman–Crippen LogP) is 1.44. The Balaban J connectivity index is 1.79. The van der Waals surface area contributed by atoms with Gasteiger partial charge in [-0.3, -0.25) is 0 Å². The van der Waals surface area contributed by atoms with Crippen LogP contribution in [0.5, 0.6) is 0 Å². The molecule has 2 aliphatic heterocycles. The third kappa shape index (κ3) is 3.49. The van der Waals surface area contributed by atoms with E-state index in [1.807, 2.05) is 6.21 Å². The topological polar surface area (TPSA) is 97.3 Å². The number of benzene rings is 1. The van der Waals surface area contributed by atoms with Crippen LogP contribution in [-0.4, -0.2) is 45.4 Å². The van der Waals surface area contributed by atoms with Gasteiger partial charge in [-0.1, -0.05) is 17.7 Å². The average molecular weight is 357 g/mol. The molecule has 1 spiro atoms. The van der Waals surface area contributed by atoms with Gasteiger partial charge in [0.15, 0.2) is 0 Å². The summed E-state index contributed by atoms with van der Waals surface area (Å²) < 4.78 is 33.6.